The summed E-state index contributed by atoms with van der Waals surface area (Å²) in [6, 6.07) is 40.8. The molecule has 0 atom stereocenters. The van der Waals surface area contributed by atoms with Gasteiger partial charge in [-0.2, -0.15) is 0 Å². The maximum absolute atomic E-state index is 11.8. The minimum atomic E-state index is -0.377. The van der Waals surface area contributed by atoms with Crippen molar-refractivity contribution < 1.29 is 30.0 Å². The number of aromatic nitrogens is 2. The van der Waals surface area contributed by atoms with E-state index in [1.54, 1.807) is 6.20 Å². The fourth-order valence-electron chi connectivity index (χ4n) is 4.39. The standard InChI is InChI=1S/C21H20N.C13H24O2.C11H8N.Ir/c1-21(2,3)19-11-7-10-17(14-19)18-12-13-20(22-15-18)16-8-5-4-6-9-16;1-7-12(3,4)10(14)9-11(15)13(5,6)8-2;1-2-6-10(7-3-1)11-8-4-5-9-12-11;/h4-8,10-15H,1-3H3;9,14H,7-8H2,1-6H3;1-6,8-9H;/q-1;;-1;/b;10-9-;;. The zero-order valence-electron chi connectivity index (χ0n) is 31.0. The number of allylic oxidation sites excluding steroid dienone is 2. The molecule has 1 radical (unpaired) electrons. The van der Waals surface area contributed by atoms with Crippen molar-refractivity contribution in [2.24, 2.45) is 10.8 Å². The van der Waals surface area contributed by atoms with Gasteiger partial charge in [-0.25, -0.2) is 0 Å². The van der Waals surface area contributed by atoms with E-state index in [9.17, 15) is 9.90 Å². The molecule has 2 aromatic heterocycles. The van der Waals surface area contributed by atoms with E-state index in [4.69, 9.17) is 0 Å². The average Bonchev–Trinajstić information content (AvgIpc) is 3.13. The molecule has 0 bridgehead atoms. The summed E-state index contributed by atoms with van der Waals surface area (Å²) in [5.41, 5.74) is 7.16. The van der Waals surface area contributed by atoms with Gasteiger partial charge < -0.3 is 15.1 Å². The van der Waals surface area contributed by atoms with E-state index in [1.165, 1.54) is 17.2 Å². The van der Waals surface area contributed by atoms with Gasteiger partial charge in [0.15, 0.2) is 5.78 Å². The maximum Gasteiger partial charge on any atom is 0.164 e. The van der Waals surface area contributed by atoms with Crippen LogP contribution in [-0.4, -0.2) is 20.9 Å². The summed E-state index contributed by atoms with van der Waals surface area (Å²) in [4.78, 5) is 20.6. The van der Waals surface area contributed by atoms with Gasteiger partial charge in [-0.3, -0.25) is 4.79 Å². The summed E-state index contributed by atoms with van der Waals surface area (Å²) >= 11 is 0. The molecule has 5 aromatic rings. The van der Waals surface area contributed by atoms with Gasteiger partial charge in [0.05, 0.1) is 0 Å². The average molecular weight is 845 g/mol. The Hall–Kier alpha value is -4.18. The Labute approximate surface area is 314 Å². The van der Waals surface area contributed by atoms with Crippen LogP contribution in [0.25, 0.3) is 33.6 Å². The van der Waals surface area contributed by atoms with Crippen molar-refractivity contribution >= 4 is 5.78 Å². The molecule has 0 saturated heterocycles. The van der Waals surface area contributed by atoms with Gasteiger partial charge in [0, 0.05) is 49.4 Å². The number of hydrogen-bond acceptors (Lipinski definition) is 4. The monoisotopic (exact) mass is 845 g/mol. The number of carbonyl (C=O) groups excluding carboxylic acids is 1. The normalized spacial score (nSPS) is 11.6. The molecule has 0 spiro atoms. The second kappa shape index (κ2) is 19.3. The smallest absolute Gasteiger partial charge is 0.164 e. The third-order valence-electron chi connectivity index (χ3n) is 8.86. The summed E-state index contributed by atoms with van der Waals surface area (Å²) in [6.45, 7) is 18.4. The molecular formula is C45H52IrN2O2-2. The second-order valence-electron chi connectivity index (χ2n) is 14.4. The molecule has 0 unspecified atom stereocenters. The minimum absolute atomic E-state index is 0. The minimum Gasteiger partial charge on any atom is -0.512 e. The van der Waals surface area contributed by atoms with Gasteiger partial charge in [0.1, 0.15) is 5.76 Å². The van der Waals surface area contributed by atoms with Crippen LogP contribution >= 0.6 is 0 Å². The number of hydrogen-bond donors (Lipinski definition) is 1. The van der Waals surface area contributed by atoms with Gasteiger partial charge in [0.25, 0.3) is 0 Å². The second-order valence-corrected chi connectivity index (χ2v) is 14.4. The van der Waals surface area contributed by atoms with E-state index in [-0.39, 0.29) is 47.9 Å². The SMILES string of the molecule is CC(C)(C)c1cccc(-c2ccc(-c3[c-]cccc3)nc2)c1.CCC(C)(C)C(=O)/C=C(\O)C(C)(C)CC.[Ir].[c-]1ccccc1-c1ccccn1. The number of pyridine rings is 2. The summed E-state index contributed by atoms with van der Waals surface area (Å²) in [5, 5.41) is 9.85. The zero-order chi connectivity index (χ0) is 36.1. The summed E-state index contributed by atoms with van der Waals surface area (Å²) in [7, 11) is 0. The third kappa shape index (κ3) is 12.6. The van der Waals surface area contributed by atoms with E-state index in [1.807, 2.05) is 114 Å². The molecule has 0 aliphatic carbocycles. The number of aliphatic hydroxyl groups excluding tert-OH is 1. The van der Waals surface area contributed by atoms with Crippen molar-refractivity contribution in [3.8, 4) is 33.6 Å². The molecule has 265 valence electrons. The van der Waals surface area contributed by atoms with E-state index in [0.717, 1.165) is 40.9 Å². The van der Waals surface area contributed by atoms with E-state index in [2.05, 4.69) is 79.3 Å². The number of carbonyl (C=O) groups is 1. The molecule has 5 heteroatoms. The summed E-state index contributed by atoms with van der Waals surface area (Å²) < 4.78 is 0. The van der Waals surface area contributed by atoms with Crippen molar-refractivity contribution in [1.29, 1.82) is 0 Å². The van der Waals surface area contributed by atoms with Crippen LogP contribution < -0.4 is 0 Å². The van der Waals surface area contributed by atoms with Crippen molar-refractivity contribution in [1.82, 2.24) is 9.97 Å². The molecule has 0 aliphatic rings. The van der Waals surface area contributed by atoms with Crippen LogP contribution in [-0.2, 0) is 30.3 Å². The van der Waals surface area contributed by atoms with Crippen LogP contribution in [0.15, 0.2) is 127 Å². The topological polar surface area (TPSA) is 63.1 Å². The Kier molecular flexibility index (Phi) is 16.2. The van der Waals surface area contributed by atoms with Crippen molar-refractivity contribution in [3.05, 3.63) is 145 Å². The molecule has 1 N–H and O–H groups in total. The van der Waals surface area contributed by atoms with Crippen molar-refractivity contribution in [3.63, 3.8) is 0 Å². The van der Waals surface area contributed by atoms with Crippen LogP contribution in [0.4, 0.5) is 0 Å². The fraction of sp³-hybridized carbons (Fsp3) is 0.311. The maximum atomic E-state index is 11.8. The first-order chi connectivity index (χ1) is 23.2. The molecule has 0 saturated carbocycles. The molecule has 2 heterocycles. The van der Waals surface area contributed by atoms with E-state index >= 15 is 0 Å². The number of rotatable bonds is 8. The molecule has 5 rings (SSSR count). The van der Waals surface area contributed by atoms with Gasteiger partial charge >= 0.3 is 0 Å². The van der Waals surface area contributed by atoms with Crippen molar-refractivity contribution in [2.75, 3.05) is 0 Å². The van der Waals surface area contributed by atoms with E-state index in [0.29, 0.717) is 0 Å². The Morgan fingerprint density at radius 1 is 0.680 bits per heavy atom. The molecule has 4 nitrogen and oxygen atoms in total. The molecule has 0 fully saturated rings. The first-order valence-electron chi connectivity index (χ1n) is 17.1. The zero-order valence-corrected chi connectivity index (χ0v) is 33.4. The Morgan fingerprint density at radius 3 is 1.72 bits per heavy atom. The fourth-order valence-corrected chi connectivity index (χ4v) is 4.39. The molecular weight excluding hydrogens is 793 g/mol. The van der Waals surface area contributed by atoms with E-state index < -0.39 is 0 Å². The summed E-state index contributed by atoms with van der Waals surface area (Å²) in [5.74, 6) is 0.195. The third-order valence-corrected chi connectivity index (χ3v) is 8.86. The molecule has 0 aliphatic heterocycles. The Balaban J connectivity index is 0.000000272. The van der Waals surface area contributed by atoms with Crippen LogP contribution in [0.5, 0.6) is 0 Å². The largest absolute Gasteiger partial charge is 0.512 e. The van der Waals surface area contributed by atoms with Gasteiger partial charge in [-0.15, -0.1) is 71.8 Å². The van der Waals surface area contributed by atoms with Crippen LogP contribution in [0.1, 0.15) is 80.7 Å². The van der Waals surface area contributed by atoms with Crippen LogP contribution in [0.3, 0.4) is 0 Å². The Morgan fingerprint density at radius 2 is 1.26 bits per heavy atom. The number of benzene rings is 3. The first-order valence-corrected chi connectivity index (χ1v) is 17.1. The predicted octanol–water partition coefficient (Wildman–Crippen LogP) is 11.9. The van der Waals surface area contributed by atoms with Crippen LogP contribution in [0.2, 0.25) is 0 Å². The number of nitrogens with zero attached hydrogens (tertiary/aromatic N) is 2. The van der Waals surface area contributed by atoms with Crippen molar-refractivity contribution in [2.45, 2.75) is 80.6 Å². The predicted molar refractivity (Wildman–Crippen MR) is 205 cm³/mol. The molecule has 50 heavy (non-hydrogen) atoms. The number of ketones is 1. The van der Waals surface area contributed by atoms with Gasteiger partial charge in [-0.05, 0) is 52.4 Å². The Bertz CT molecular complexity index is 1720. The summed E-state index contributed by atoms with van der Waals surface area (Å²) in [6.07, 6.45) is 6.72. The van der Waals surface area contributed by atoms with Crippen LogP contribution in [0, 0.1) is 23.0 Å². The number of aliphatic hydroxyl groups is 1. The first kappa shape index (κ1) is 42.0. The van der Waals surface area contributed by atoms with Gasteiger partial charge in [0.2, 0.25) is 0 Å². The molecule has 0 amide bonds. The quantitative estimate of drug-likeness (QED) is 0.0960. The molecule has 3 aromatic carbocycles. The van der Waals surface area contributed by atoms with Gasteiger partial charge in [-0.1, -0.05) is 111 Å².